The van der Waals surface area contributed by atoms with Gasteiger partial charge in [0.05, 0.1) is 0 Å². The molecule has 84 valence electrons. The summed E-state index contributed by atoms with van der Waals surface area (Å²) in [5.41, 5.74) is 6.71. The second-order valence-corrected chi connectivity index (χ2v) is 5.70. The Hall–Kier alpha value is -0.0400. The molecular weight excluding hydrogens is 170 g/mol. The van der Waals surface area contributed by atoms with Gasteiger partial charge in [0.25, 0.3) is 0 Å². The molecule has 0 aromatic heterocycles. The SMILES string of the molecule is CCCC(N)C1CC1C(C)(C)CCC. The van der Waals surface area contributed by atoms with E-state index in [1.54, 1.807) is 0 Å². The summed E-state index contributed by atoms with van der Waals surface area (Å²) in [5, 5.41) is 0. The quantitative estimate of drug-likeness (QED) is 0.692. The van der Waals surface area contributed by atoms with Crippen molar-refractivity contribution in [3.05, 3.63) is 0 Å². The zero-order valence-corrected chi connectivity index (χ0v) is 10.3. The van der Waals surface area contributed by atoms with Crippen LogP contribution in [0.15, 0.2) is 0 Å². The van der Waals surface area contributed by atoms with Gasteiger partial charge in [-0.05, 0) is 36.5 Å². The normalized spacial score (nSPS) is 28.9. The molecule has 0 heterocycles. The first-order chi connectivity index (χ1) is 6.53. The van der Waals surface area contributed by atoms with Gasteiger partial charge in [-0.3, -0.25) is 0 Å². The Labute approximate surface area is 89.5 Å². The summed E-state index contributed by atoms with van der Waals surface area (Å²) < 4.78 is 0. The minimum atomic E-state index is 0.473. The Kier molecular flexibility index (Phi) is 4.00. The molecule has 3 unspecified atom stereocenters. The van der Waals surface area contributed by atoms with Crippen LogP contribution in [0.1, 0.15) is 59.8 Å². The average molecular weight is 197 g/mol. The second kappa shape index (κ2) is 4.65. The molecule has 1 rings (SSSR count). The molecule has 1 aliphatic rings. The first-order valence-corrected chi connectivity index (χ1v) is 6.28. The maximum atomic E-state index is 6.17. The highest BCUT2D eigenvalue weighted by Crippen LogP contribution is 2.54. The lowest BCUT2D eigenvalue weighted by molar-refractivity contribution is 0.256. The van der Waals surface area contributed by atoms with Crippen LogP contribution in [0, 0.1) is 17.3 Å². The zero-order chi connectivity index (χ0) is 10.8. The molecule has 1 aliphatic carbocycles. The van der Waals surface area contributed by atoms with Gasteiger partial charge in [0.2, 0.25) is 0 Å². The smallest absolute Gasteiger partial charge is 0.00700 e. The van der Waals surface area contributed by atoms with E-state index in [2.05, 4.69) is 27.7 Å². The molecule has 1 heteroatoms. The minimum absolute atomic E-state index is 0.473. The highest BCUT2D eigenvalue weighted by Gasteiger charge is 2.48. The van der Waals surface area contributed by atoms with Crippen molar-refractivity contribution in [3.8, 4) is 0 Å². The predicted octanol–water partition coefficient (Wildman–Crippen LogP) is 3.58. The lowest BCUT2D eigenvalue weighted by Crippen LogP contribution is -2.26. The van der Waals surface area contributed by atoms with E-state index in [0.29, 0.717) is 11.5 Å². The molecule has 1 nitrogen and oxygen atoms in total. The van der Waals surface area contributed by atoms with Crippen LogP contribution in [0.25, 0.3) is 0 Å². The van der Waals surface area contributed by atoms with Crippen LogP contribution in [-0.2, 0) is 0 Å². The lowest BCUT2D eigenvalue weighted by Gasteiger charge is -2.25. The van der Waals surface area contributed by atoms with Gasteiger partial charge in [-0.1, -0.05) is 40.5 Å². The van der Waals surface area contributed by atoms with Gasteiger partial charge in [-0.2, -0.15) is 0 Å². The third-order valence-electron chi connectivity index (χ3n) is 3.91. The fourth-order valence-corrected chi connectivity index (χ4v) is 2.96. The van der Waals surface area contributed by atoms with Crippen LogP contribution < -0.4 is 5.73 Å². The number of rotatable bonds is 6. The first kappa shape index (κ1) is 12.0. The number of nitrogens with two attached hydrogens (primary N) is 1. The van der Waals surface area contributed by atoms with Crippen molar-refractivity contribution in [3.63, 3.8) is 0 Å². The van der Waals surface area contributed by atoms with Crippen molar-refractivity contribution in [2.75, 3.05) is 0 Å². The van der Waals surface area contributed by atoms with Gasteiger partial charge >= 0.3 is 0 Å². The summed E-state index contributed by atoms with van der Waals surface area (Å²) >= 11 is 0. The molecule has 1 fully saturated rings. The minimum Gasteiger partial charge on any atom is -0.327 e. The van der Waals surface area contributed by atoms with E-state index in [4.69, 9.17) is 5.73 Å². The summed E-state index contributed by atoms with van der Waals surface area (Å²) in [7, 11) is 0. The molecule has 0 aromatic carbocycles. The third kappa shape index (κ3) is 2.73. The third-order valence-corrected chi connectivity index (χ3v) is 3.91. The van der Waals surface area contributed by atoms with E-state index in [0.717, 1.165) is 11.8 Å². The van der Waals surface area contributed by atoms with E-state index < -0.39 is 0 Å². The van der Waals surface area contributed by atoms with E-state index in [9.17, 15) is 0 Å². The summed E-state index contributed by atoms with van der Waals surface area (Å²) in [4.78, 5) is 0. The molecule has 0 saturated heterocycles. The molecule has 0 bridgehead atoms. The van der Waals surface area contributed by atoms with Crippen LogP contribution in [0.3, 0.4) is 0 Å². The Bertz CT molecular complexity index is 174. The molecule has 1 saturated carbocycles. The first-order valence-electron chi connectivity index (χ1n) is 6.28. The summed E-state index contributed by atoms with van der Waals surface area (Å²) in [6.07, 6.45) is 6.49. The van der Waals surface area contributed by atoms with Crippen molar-refractivity contribution in [1.82, 2.24) is 0 Å². The molecule has 0 aromatic rings. The van der Waals surface area contributed by atoms with Crippen LogP contribution in [0.4, 0.5) is 0 Å². The van der Waals surface area contributed by atoms with Gasteiger partial charge in [-0.25, -0.2) is 0 Å². The van der Waals surface area contributed by atoms with Crippen molar-refractivity contribution in [2.24, 2.45) is 23.0 Å². The second-order valence-electron chi connectivity index (χ2n) is 5.70. The zero-order valence-electron chi connectivity index (χ0n) is 10.3. The van der Waals surface area contributed by atoms with Gasteiger partial charge in [0.15, 0.2) is 0 Å². The fraction of sp³-hybridized carbons (Fsp3) is 1.00. The Morgan fingerprint density at radius 1 is 1.29 bits per heavy atom. The largest absolute Gasteiger partial charge is 0.327 e. The number of hydrogen-bond donors (Lipinski definition) is 1. The molecule has 3 atom stereocenters. The number of hydrogen-bond acceptors (Lipinski definition) is 1. The van der Waals surface area contributed by atoms with Crippen molar-refractivity contribution >= 4 is 0 Å². The summed E-state index contributed by atoms with van der Waals surface area (Å²) in [6, 6.07) is 0.473. The van der Waals surface area contributed by atoms with Crippen LogP contribution in [0.2, 0.25) is 0 Å². The molecule has 0 amide bonds. The van der Waals surface area contributed by atoms with Crippen molar-refractivity contribution in [1.29, 1.82) is 0 Å². The summed E-state index contributed by atoms with van der Waals surface area (Å²) in [6.45, 7) is 9.35. The molecular formula is C13H27N. The fourth-order valence-electron chi connectivity index (χ4n) is 2.96. The monoisotopic (exact) mass is 197 g/mol. The Morgan fingerprint density at radius 3 is 2.43 bits per heavy atom. The van der Waals surface area contributed by atoms with E-state index in [-0.39, 0.29) is 0 Å². The van der Waals surface area contributed by atoms with E-state index >= 15 is 0 Å². The van der Waals surface area contributed by atoms with Crippen LogP contribution >= 0.6 is 0 Å². The van der Waals surface area contributed by atoms with Gasteiger partial charge in [0.1, 0.15) is 0 Å². The van der Waals surface area contributed by atoms with Crippen LogP contribution in [-0.4, -0.2) is 6.04 Å². The van der Waals surface area contributed by atoms with Crippen LogP contribution in [0.5, 0.6) is 0 Å². The summed E-state index contributed by atoms with van der Waals surface area (Å²) in [5.74, 6) is 1.74. The molecule has 0 spiro atoms. The maximum Gasteiger partial charge on any atom is 0.00700 e. The van der Waals surface area contributed by atoms with Gasteiger partial charge in [-0.15, -0.1) is 0 Å². The molecule has 14 heavy (non-hydrogen) atoms. The lowest BCUT2D eigenvalue weighted by atomic mass is 9.81. The average Bonchev–Trinajstić information content (AvgIpc) is 2.83. The Morgan fingerprint density at radius 2 is 1.93 bits per heavy atom. The van der Waals surface area contributed by atoms with Crippen molar-refractivity contribution < 1.29 is 0 Å². The van der Waals surface area contributed by atoms with E-state index in [1.807, 2.05) is 0 Å². The highest BCUT2D eigenvalue weighted by atomic mass is 14.7. The maximum absolute atomic E-state index is 6.17. The molecule has 0 aliphatic heterocycles. The van der Waals surface area contributed by atoms with Crippen molar-refractivity contribution in [2.45, 2.75) is 65.8 Å². The predicted molar refractivity (Wildman–Crippen MR) is 63.2 cm³/mol. The van der Waals surface area contributed by atoms with E-state index in [1.165, 1.54) is 32.1 Å². The highest BCUT2D eigenvalue weighted by molar-refractivity contribution is 5.00. The van der Waals surface area contributed by atoms with Gasteiger partial charge < -0.3 is 5.73 Å². The molecule has 2 N–H and O–H groups in total. The molecule has 0 radical (unpaired) electrons. The Balaban J connectivity index is 2.37. The standard InChI is InChI=1S/C13H27N/c1-5-7-12(14)10-9-11(10)13(3,4)8-6-2/h10-12H,5-9,14H2,1-4H3. The topological polar surface area (TPSA) is 26.0 Å². The van der Waals surface area contributed by atoms with Gasteiger partial charge in [0, 0.05) is 6.04 Å².